The standard InChI is InChI=1S/C17H19N3/c1-12-7-8-13(2)15(9-12)16(18)11-20-17-6-4-3-5-14(17)10-19-20/h3-10,16H,11,18H2,1-2H3. The van der Waals surface area contributed by atoms with Crippen molar-refractivity contribution in [2.75, 3.05) is 0 Å². The number of para-hydroxylation sites is 1. The monoisotopic (exact) mass is 265 g/mol. The lowest BCUT2D eigenvalue weighted by atomic mass is 9.99. The van der Waals surface area contributed by atoms with Crippen LogP contribution in [0.1, 0.15) is 22.7 Å². The van der Waals surface area contributed by atoms with Gasteiger partial charge in [0.25, 0.3) is 0 Å². The maximum Gasteiger partial charge on any atom is 0.0683 e. The van der Waals surface area contributed by atoms with E-state index in [1.54, 1.807) is 0 Å². The average Bonchev–Trinajstić information content (AvgIpc) is 2.85. The average molecular weight is 265 g/mol. The minimum Gasteiger partial charge on any atom is -0.322 e. The Morgan fingerprint density at radius 1 is 1.15 bits per heavy atom. The summed E-state index contributed by atoms with van der Waals surface area (Å²) in [5.41, 5.74) is 11.2. The number of hydrogen-bond donors (Lipinski definition) is 1. The third kappa shape index (κ3) is 2.32. The van der Waals surface area contributed by atoms with Crippen molar-refractivity contribution >= 4 is 10.9 Å². The van der Waals surface area contributed by atoms with Crippen molar-refractivity contribution in [3.05, 3.63) is 65.4 Å². The van der Waals surface area contributed by atoms with Crippen LogP contribution in [0.4, 0.5) is 0 Å². The number of nitrogens with two attached hydrogens (primary N) is 1. The van der Waals surface area contributed by atoms with Gasteiger partial charge in [-0.1, -0.05) is 42.0 Å². The number of rotatable bonds is 3. The summed E-state index contributed by atoms with van der Waals surface area (Å²) in [4.78, 5) is 0. The first-order valence-electron chi connectivity index (χ1n) is 6.88. The van der Waals surface area contributed by atoms with Crippen molar-refractivity contribution in [1.29, 1.82) is 0 Å². The molecule has 0 amide bonds. The van der Waals surface area contributed by atoms with Crippen LogP contribution in [-0.4, -0.2) is 9.78 Å². The van der Waals surface area contributed by atoms with Crippen LogP contribution in [0.2, 0.25) is 0 Å². The number of fused-ring (bicyclic) bond motifs is 1. The highest BCUT2D eigenvalue weighted by Crippen LogP contribution is 2.21. The third-order valence-corrected chi connectivity index (χ3v) is 3.75. The molecule has 0 fully saturated rings. The highest BCUT2D eigenvalue weighted by molar-refractivity contribution is 5.78. The molecule has 3 rings (SSSR count). The molecular formula is C17H19N3. The van der Waals surface area contributed by atoms with Gasteiger partial charge in [-0.15, -0.1) is 0 Å². The smallest absolute Gasteiger partial charge is 0.0683 e. The topological polar surface area (TPSA) is 43.8 Å². The van der Waals surface area contributed by atoms with Crippen LogP contribution < -0.4 is 5.73 Å². The second-order valence-electron chi connectivity index (χ2n) is 5.35. The lowest BCUT2D eigenvalue weighted by Crippen LogP contribution is -2.19. The number of benzene rings is 2. The van der Waals surface area contributed by atoms with Crippen molar-refractivity contribution in [3.8, 4) is 0 Å². The lowest BCUT2D eigenvalue weighted by molar-refractivity contribution is 0.540. The van der Waals surface area contributed by atoms with Gasteiger partial charge in [0.1, 0.15) is 0 Å². The van der Waals surface area contributed by atoms with E-state index in [0.29, 0.717) is 6.54 Å². The van der Waals surface area contributed by atoms with Crippen molar-refractivity contribution in [3.63, 3.8) is 0 Å². The van der Waals surface area contributed by atoms with Crippen LogP contribution in [0.3, 0.4) is 0 Å². The summed E-state index contributed by atoms with van der Waals surface area (Å²) < 4.78 is 1.99. The molecule has 3 aromatic rings. The molecular weight excluding hydrogens is 246 g/mol. The van der Waals surface area contributed by atoms with Crippen LogP contribution in [-0.2, 0) is 6.54 Å². The Bertz CT molecular complexity index is 743. The highest BCUT2D eigenvalue weighted by atomic mass is 15.3. The molecule has 20 heavy (non-hydrogen) atoms. The fraction of sp³-hybridized carbons (Fsp3) is 0.235. The predicted octanol–water partition coefficient (Wildman–Crippen LogP) is 3.35. The predicted molar refractivity (Wildman–Crippen MR) is 82.6 cm³/mol. The Morgan fingerprint density at radius 2 is 1.95 bits per heavy atom. The zero-order valence-electron chi connectivity index (χ0n) is 11.9. The first-order chi connectivity index (χ1) is 9.65. The molecule has 2 aromatic carbocycles. The molecule has 1 heterocycles. The van der Waals surface area contributed by atoms with E-state index in [-0.39, 0.29) is 6.04 Å². The Labute approximate surface area is 119 Å². The summed E-state index contributed by atoms with van der Waals surface area (Å²) >= 11 is 0. The second-order valence-corrected chi connectivity index (χ2v) is 5.35. The van der Waals surface area contributed by atoms with Gasteiger partial charge < -0.3 is 5.73 Å². The number of aryl methyl sites for hydroxylation is 2. The van der Waals surface area contributed by atoms with Crippen LogP contribution in [0.25, 0.3) is 10.9 Å². The molecule has 0 radical (unpaired) electrons. The minimum atomic E-state index is -0.0433. The molecule has 0 saturated carbocycles. The molecule has 0 aliphatic heterocycles. The van der Waals surface area contributed by atoms with Crippen molar-refractivity contribution in [2.24, 2.45) is 5.73 Å². The molecule has 3 heteroatoms. The number of aromatic nitrogens is 2. The number of nitrogens with zero attached hydrogens (tertiary/aromatic N) is 2. The first-order valence-corrected chi connectivity index (χ1v) is 6.88. The Morgan fingerprint density at radius 3 is 2.80 bits per heavy atom. The van der Waals surface area contributed by atoms with Crippen molar-refractivity contribution in [1.82, 2.24) is 9.78 Å². The van der Waals surface area contributed by atoms with E-state index in [4.69, 9.17) is 5.73 Å². The molecule has 1 unspecified atom stereocenters. The van der Waals surface area contributed by atoms with Gasteiger partial charge in [0.05, 0.1) is 18.3 Å². The van der Waals surface area contributed by atoms with Gasteiger partial charge in [-0.25, -0.2) is 0 Å². The van der Waals surface area contributed by atoms with Crippen molar-refractivity contribution in [2.45, 2.75) is 26.4 Å². The zero-order chi connectivity index (χ0) is 14.1. The van der Waals surface area contributed by atoms with Gasteiger partial charge in [0, 0.05) is 11.4 Å². The van der Waals surface area contributed by atoms with Gasteiger partial charge in [0.2, 0.25) is 0 Å². The molecule has 0 aliphatic carbocycles. The molecule has 1 aromatic heterocycles. The summed E-state index contributed by atoms with van der Waals surface area (Å²) in [6.45, 7) is 4.90. The largest absolute Gasteiger partial charge is 0.322 e. The normalized spacial score (nSPS) is 12.8. The summed E-state index contributed by atoms with van der Waals surface area (Å²) in [5.74, 6) is 0. The maximum absolute atomic E-state index is 6.39. The first kappa shape index (κ1) is 12.9. The van der Waals surface area contributed by atoms with Gasteiger partial charge in [-0.05, 0) is 31.0 Å². The van der Waals surface area contributed by atoms with E-state index < -0.39 is 0 Å². The van der Waals surface area contributed by atoms with Crippen LogP contribution in [0.5, 0.6) is 0 Å². The molecule has 0 saturated heterocycles. The second kappa shape index (κ2) is 5.10. The van der Waals surface area contributed by atoms with Crippen molar-refractivity contribution < 1.29 is 0 Å². The highest BCUT2D eigenvalue weighted by Gasteiger charge is 2.12. The molecule has 2 N–H and O–H groups in total. The Balaban J connectivity index is 1.92. The Kier molecular flexibility index (Phi) is 3.28. The quantitative estimate of drug-likeness (QED) is 0.789. The van der Waals surface area contributed by atoms with E-state index in [9.17, 15) is 0 Å². The number of hydrogen-bond acceptors (Lipinski definition) is 2. The summed E-state index contributed by atoms with van der Waals surface area (Å²) in [7, 11) is 0. The minimum absolute atomic E-state index is 0.0433. The summed E-state index contributed by atoms with van der Waals surface area (Å²) in [6.07, 6.45) is 1.89. The summed E-state index contributed by atoms with van der Waals surface area (Å²) in [5, 5.41) is 5.60. The van der Waals surface area contributed by atoms with Crippen LogP contribution in [0, 0.1) is 13.8 Å². The van der Waals surface area contributed by atoms with Crippen LogP contribution >= 0.6 is 0 Å². The van der Waals surface area contributed by atoms with Gasteiger partial charge in [-0.2, -0.15) is 5.10 Å². The van der Waals surface area contributed by atoms with Gasteiger partial charge in [0.15, 0.2) is 0 Å². The van der Waals surface area contributed by atoms with Gasteiger partial charge >= 0.3 is 0 Å². The SMILES string of the molecule is Cc1ccc(C)c(C(N)Cn2ncc3ccccc32)c1. The fourth-order valence-corrected chi connectivity index (χ4v) is 2.62. The molecule has 0 bridgehead atoms. The fourth-order valence-electron chi connectivity index (χ4n) is 2.62. The molecule has 3 nitrogen and oxygen atoms in total. The van der Waals surface area contributed by atoms with E-state index in [2.05, 4.69) is 49.3 Å². The lowest BCUT2D eigenvalue weighted by Gasteiger charge is -2.16. The Hall–Kier alpha value is -2.13. The molecule has 0 spiro atoms. The van der Waals surface area contributed by atoms with E-state index in [0.717, 1.165) is 10.9 Å². The van der Waals surface area contributed by atoms with E-state index in [1.165, 1.54) is 16.7 Å². The third-order valence-electron chi connectivity index (χ3n) is 3.75. The van der Waals surface area contributed by atoms with E-state index >= 15 is 0 Å². The molecule has 1 atom stereocenters. The molecule has 0 aliphatic rings. The molecule has 102 valence electrons. The summed E-state index contributed by atoms with van der Waals surface area (Å²) in [6, 6.07) is 14.6. The maximum atomic E-state index is 6.39. The van der Waals surface area contributed by atoms with Gasteiger partial charge in [-0.3, -0.25) is 4.68 Å². The zero-order valence-corrected chi connectivity index (χ0v) is 11.9. The van der Waals surface area contributed by atoms with E-state index in [1.807, 2.05) is 23.0 Å². The van der Waals surface area contributed by atoms with Crippen LogP contribution in [0.15, 0.2) is 48.7 Å².